The van der Waals surface area contributed by atoms with E-state index in [9.17, 15) is 8.42 Å². The zero-order chi connectivity index (χ0) is 11.8. The maximum absolute atomic E-state index is 11.0. The van der Waals surface area contributed by atoms with Crippen molar-refractivity contribution in [3.8, 4) is 0 Å². The van der Waals surface area contributed by atoms with Gasteiger partial charge in [-0.05, 0) is 12.8 Å². The lowest BCUT2D eigenvalue weighted by atomic mass is 9.93. The first kappa shape index (κ1) is 14.4. The van der Waals surface area contributed by atoms with E-state index in [1.165, 1.54) is 0 Å². The van der Waals surface area contributed by atoms with Crippen molar-refractivity contribution in [2.45, 2.75) is 31.8 Å². The molecule has 0 aliphatic heterocycles. The number of aryl methyl sites for hydroxylation is 1. The van der Waals surface area contributed by atoms with Crippen LogP contribution >= 0.6 is 12.4 Å². The zero-order valence-electron chi connectivity index (χ0n) is 9.47. The van der Waals surface area contributed by atoms with Gasteiger partial charge in [-0.3, -0.25) is 0 Å². The summed E-state index contributed by atoms with van der Waals surface area (Å²) in [6.07, 6.45) is 3.49. The Morgan fingerprint density at radius 3 is 2.94 bits per heavy atom. The number of fused-ring (bicyclic) bond motifs is 1. The van der Waals surface area contributed by atoms with Crippen molar-refractivity contribution >= 4 is 22.4 Å². The number of aromatic nitrogens is 1. The second-order valence-electron chi connectivity index (χ2n) is 4.13. The molecular weight excluding hydrogens is 266 g/mol. The first-order valence-corrected chi connectivity index (χ1v) is 7.01. The van der Waals surface area contributed by atoms with Crippen LogP contribution in [-0.2, 0) is 29.4 Å². The van der Waals surface area contributed by atoms with Crippen molar-refractivity contribution < 1.29 is 12.9 Å². The first-order valence-electron chi connectivity index (χ1n) is 5.12. The third kappa shape index (κ3) is 3.67. The number of sulfonamides is 1. The molecule has 1 aliphatic rings. The maximum Gasteiger partial charge on any atom is 0.209 e. The highest BCUT2D eigenvalue weighted by atomic mass is 35.5. The summed E-state index contributed by atoms with van der Waals surface area (Å²) in [6.45, 7) is 0.171. The van der Waals surface area contributed by atoms with Gasteiger partial charge in [-0.2, -0.15) is 0 Å². The van der Waals surface area contributed by atoms with Crippen LogP contribution in [-0.4, -0.2) is 25.9 Å². The molecule has 2 rings (SSSR count). The fraction of sp³-hybridized carbons (Fsp3) is 0.667. The number of halogens is 1. The summed E-state index contributed by atoms with van der Waals surface area (Å²) < 4.78 is 29.5. The number of hydrogen-bond acceptors (Lipinski definition) is 5. The minimum absolute atomic E-state index is 0. The molecule has 0 bridgehead atoms. The summed E-state index contributed by atoms with van der Waals surface area (Å²) in [6, 6.07) is 0.115. The Labute approximate surface area is 106 Å². The predicted octanol–water partition coefficient (Wildman–Crippen LogP) is -0.0384. The van der Waals surface area contributed by atoms with Crippen LogP contribution in [0.5, 0.6) is 0 Å². The van der Waals surface area contributed by atoms with Crippen molar-refractivity contribution in [3.63, 3.8) is 0 Å². The standard InChI is InChI=1S/C9H15N3O3S.ClH/c1-16(13,14)11-5-8-7-4-6(10)2-3-9(7)15-12-8;/h6,11H,2-5,10H2,1H3;1H. The van der Waals surface area contributed by atoms with Crippen LogP contribution in [0.15, 0.2) is 4.52 Å². The van der Waals surface area contributed by atoms with Gasteiger partial charge in [-0.15, -0.1) is 12.4 Å². The molecule has 8 heteroatoms. The van der Waals surface area contributed by atoms with E-state index in [2.05, 4.69) is 9.88 Å². The Kier molecular flexibility index (Phi) is 4.54. The molecule has 6 nitrogen and oxygen atoms in total. The molecule has 0 spiro atoms. The van der Waals surface area contributed by atoms with Crippen LogP contribution in [0.1, 0.15) is 23.4 Å². The van der Waals surface area contributed by atoms with Crippen LogP contribution in [0.2, 0.25) is 0 Å². The van der Waals surface area contributed by atoms with Crippen molar-refractivity contribution in [3.05, 3.63) is 17.0 Å². The van der Waals surface area contributed by atoms with Crippen molar-refractivity contribution in [2.24, 2.45) is 5.73 Å². The molecule has 1 aliphatic carbocycles. The second-order valence-corrected chi connectivity index (χ2v) is 5.96. The molecule has 1 aromatic heterocycles. The van der Waals surface area contributed by atoms with E-state index in [0.717, 1.165) is 30.4 Å². The average Bonchev–Trinajstić information content (AvgIpc) is 2.56. The lowest BCUT2D eigenvalue weighted by Crippen LogP contribution is -2.28. The van der Waals surface area contributed by atoms with Gasteiger partial charge in [0.2, 0.25) is 10.0 Å². The Hall–Kier alpha value is -0.630. The van der Waals surface area contributed by atoms with Crippen LogP contribution in [0.4, 0.5) is 0 Å². The summed E-state index contributed by atoms with van der Waals surface area (Å²) in [5.41, 5.74) is 7.47. The second kappa shape index (κ2) is 5.34. The van der Waals surface area contributed by atoms with E-state index in [0.29, 0.717) is 12.1 Å². The van der Waals surface area contributed by atoms with Crippen LogP contribution in [0.3, 0.4) is 0 Å². The third-order valence-electron chi connectivity index (χ3n) is 2.66. The maximum atomic E-state index is 11.0. The monoisotopic (exact) mass is 281 g/mol. The molecule has 1 aromatic rings. The molecule has 1 heterocycles. The Balaban J connectivity index is 0.00000144. The fourth-order valence-electron chi connectivity index (χ4n) is 1.83. The van der Waals surface area contributed by atoms with Gasteiger partial charge < -0.3 is 10.3 Å². The third-order valence-corrected chi connectivity index (χ3v) is 3.33. The number of nitrogens with two attached hydrogens (primary N) is 1. The van der Waals surface area contributed by atoms with E-state index in [1.54, 1.807) is 0 Å². The summed E-state index contributed by atoms with van der Waals surface area (Å²) in [7, 11) is -3.20. The van der Waals surface area contributed by atoms with E-state index >= 15 is 0 Å². The highest BCUT2D eigenvalue weighted by molar-refractivity contribution is 7.88. The number of rotatable bonds is 3. The average molecular weight is 282 g/mol. The van der Waals surface area contributed by atoms with Gasteiger partial charge in [0.25, 0.3) is 0 Å². The van der Waals surface area contributed by atoms with Gasteiger partial charge in [0, 0.05) is 18.0 Å². The molecule has 3 N–H and O–H groups in total. The van der Waals surface area contributed by atoms with Crippen LogP contribution in [0, 0.1) is 0 Å². The molecule has 0 radical (unpaired) electrons. The summed E-state index contributed by atoms with van der Waals surface area (Å²) in [5, 5.41) is 3.88. The van der Waals surface area contributed by atoms with Gasteiger partial charge in [0.05, 0.1) is 12.8 Å². The van der Waals surface area contributed by atoms with E-state index in [4.69, 9.17) is 10.3 Å². The molecule has 98 valence electrons. The smallest absolute Gasteiger partial charge is 0.209 e. The number of nitrogens with zero attached hydrogens (tertiary/aromatic N) is 1. The van der Waals surface area contributed by atoms with Gasteiger partial charge in [-0.1, -0.05) is 5.16 Å². The summed E-state index contributed by atoms with van der Waals surface area (Å²) in [4.78, 5) is 0. The highest BCUT2D eigenvalue weighted by Gasteiger charge is 2.23. The van der Waals surface area contributed by atoms with Gasteiger partial charge in [-0.25, -0.2) is 13.1 Å². The zero-order valence-corrected chi connectivity index (χ0v) is 11.1. The van der Waals surface area contributed by atoms with Gasteiger partial charge in [0.1, 0.15) is 11.5 Å². The van der Waals surface area contributed by atoms with Gasteiger partial charge >= 0.3 is 0 Å². The Morgan fingerprint density at radius 2 is 2.29 bits per heavy atom. The summed E-state index contributed by atoms with van der Waals surface area (Å²) >= 11 is 0. The minimum atomic E-state index is -3.20. The predicted molar refractivity (Wildman–Crippen MR) is 65.4 cm³/mol. The molecule has 0 aromatic carbocycles. The topological polar surface area (TPSA) is 98.2 Å². The number of hydrogen-bond donors (Lipinski definition) is 2. The lowest BCUT2D eigenvalue weighted by molar-refractivity contribution is 0.362. The summed E-state index contributed by atoms with van der Waals surface area (Å²) in [5.74, 6) is 0.840. The number of nitrogens with one attached hydrogen (secondary N) is 1. The molecule has 1 unspecified atom stereocenters. The van der Waals surface area contributed by atoms with Crippen molar-refractivity contribution in [1.82, 2.24) is 9.88 Å². The molecule has 0 amide bonds. The molecular formula is C9H16ClN3O3S. The molecule has 1 atom stereocenters. The molecule has 0 saturated carbocycles. The normalized spacial score (nSPS) is 19.5. The van der Waals surface area contributed by atoms with E-state index < -0.39 is 10.0 Å². The SMILES string of the molecule is CS(=O)(=O)NCc1noc2c1CC(N)CC2.Cl. The first-order chi connectivity index (χ1) is 7.46. The van der Waals surface area contributed by atoms with Crippen LogP contribution in [0.25, 0.3) is 0 Å². The molecule has 17 heavy (non-hydrogen) atoms. The highest BCUT2D eigenvalue weighted by Crippen LogP contribution is 2.23. The van der Waals surface area contributed by atoms with E-state index in [1.807, 2.05) is 0 Å². The van der Waals surface area contributed by atoms with Crippen molar-refractivity contribution in [2.75, 3.05) is 6.26 Å². The fourth-order valence-corrected chi connectivity index (χ4v) is 2.23. The quantitative estimate of drug-likeness (QED) is 0.810. The lowest BCUT2D eigenvalue weighted by Gasteiger charge is -2.16. The van der Waals surface area contributed by atoms with Crippen LogP contribution < -0.4 is 10.5 Å². The Morgan fingerprint density at radius 1 is 1.59 bits per heavy atom. The van der Waals surface area contributed by atoms with Gasteiger partial charge in [0.15, 0.2) is 0 Å². The minimum Gasteiger partial charge on any atom is -0.361 e. The molecule has 0 fully saturated rings. The molecule has 0 saturated heterocycles. The Bertz CT molecular complexity index is 486. The van der Waals surface area contributed by atoms with E-state index in [-0.39, 0.29) is 25.0 Å². The largest absolute Gasteiger partial charge is 0.361 e. The van der Waals surface area contributed by atoms with Crippen molar-refractivity contribution in [1.29, 1.82) is 0 Å².